The molecule has 0 radical (unpaired) electrons. The molecule has 1 aliphatic heterocycles. The first-order valence-electron chi connectivity index (χ1n) is 6.68. The molecule has 104 valence electrons. The molecule has 0 aliphatic carbocycles. The number of rotatable bonds is 3. The number of ether oxygens (including phenoxy) is 1. The molecule has 19 heavy (non-hydrogen) atoms. The quantitative estimate of drug-likeness (QED) is 0.642. The molecule has 2 rings (SSSR count). The van der Waals surface area contributed by atoms with Gasteiger partial charge in [0.15, 0.2) is 5.96 Å². The van der Waals surface area contributed by atoms with Crippen molar-refractivity contribution in [3.05, 3.63) is 24.3 Å². The van der Waals surface area contributed by atoms with Crippen molar-refractivity contribution in [3.63, 3.8) is 0 Å². The van der Waals surface area contributed by atoms with Crippen molar-refractivity contribution in [2.45, 2.75) is 19.9 Å². The van der Waals surface area contributed by atoms with E-state index in [2.05, 4.69) is 27.3 Å². The van der Waals surface area contributed by atoms with E-state index in [0.717, 1.165) is 32.0 Å². The summed E-state index contributed by atoms with van der Waals surface area (Å²) in [6, 6.07) is 8.42. The average Bonchev–Trinajstić information content (AvgIpc) is 2.39. The molecule has 0 bridgehead atoms. The lowest BCUT2D eigenvalue weighted by Gasteiger charge is -2.28. The van der Waals surface area contributed by atoms with Crippen LogP contribution in [0.5, 0.6) is 0 Å². The van der Waals surface area contributed by atoms with E-state index in [-0.39, 0.29) is 6.04 Å². The Hall–Kier alpha value is -1.75. The minimum Gasteiger partial charge on any atom is -0.378 e. The third-order valence-electron chi connectivity index (χ3n) is 2.91. The largest absolute Gasteiger partial charge is 0.378 e. The molecule has 5 heteroatoms. The average molecular weight is 262 g/mol. The minimum atomic E-state index is 0.195. The standard InChI is InChI=1S/C14H22N4O/c1-11(2)16-14(15)17-12-3-5-13(6-4-12)18-7-9-19-10-8-18/h3-6,11H,7-10H2,1-2H3,(H3,15,16,17). The van der Waals surface area contributed by atoms with Gasteiger partial charge in [0.2, 0.25) is 0 Å². The predicted octanol–water partition coefficient (Wildman–Crippen LogP) is 1.66. The highest BCUT2D eigenvalue weighted by Crippen LogP contribution is 2.18. The van der Waals surface area contributed by atoms with Gasteiger partial charge < -0.3 is 20.7 Å². The summed E-state index contributed by atoms with van der Waals surface area (Å²) in [4.78, 5) is 6.56. The van der Waals surface area contributed by atoms with E-state index in [9.17, 15) is 0 Å². The van der Waals surface area contributed by atoms with Gasteiger partial charge in [-0.1, -0.05) is 0 Å². The topological polar surface area (TPSA) is 62.9 Å². The number of benzene rings is 1. The van der Waals surface area contributed by atoms with Gasteiger partial charge in [-0.2, -0.15) is 0 Å². The van der Waals surface area contributed by atoms with Crippen LogP contribution in [-0.2, 0) is 4.74 Å². The maximum Gasteiger partial charge on any atom is 0.193 e. The van der Waals surface area contributed by atoms with Gasteiger partial charge in [-0.3, -0.25) is 4.99 Å². The summed E-state index contributed by atoms with van der Waals surface area (Å²) in [7, 11) is 0. The fourth-order valence-electron chi connectivity index (χ4n) is 2.04. The number of hydrogen-bond donors (Lipinski definition) is 2. The Kier molecular flexibility index (Phi) is 4.63. The van der Waals surface area contributed by atoms with Crippen LogP contribution >= 0.6 is 0 Å². The van der Waals surface area contributed by atoms with E-state index in [1.54, 1.807) is 0 Å². The molecule has 1 heterocycles. The summed E-state index contributed by atoms with van der Waals surface area (Å²) in [5.41, 5.74) is 7.97. The van der Waals surface area contributed by atoms with Gasteiger partial charge in [0.05, 0.1) is 13.2 Å². The number of hydrogen-bond acceptors (Lipinski definition) is 3. The van der Waals surface area contributed by atoms with Gasteiger partial charge in [0.25, 0.3) is 0 Å². The Morgan fingerprint density at radius 1 is 1.26 bits per heavy atom. The van der Waals surface area contributed by atoms with Crippen molar-refractivity contribution in [1.29, 1.82) is 0 Å². The molecule has 1 aromatic carbocycles. The second-order valence-corrected chi connectivity index (χ2v) is 4.88. The Morgan fingerprint density at radius 2 is 1.89 bits per heavy atom. The lowest BCUT2D eigenvalue weighted by molar-refractivity contribution is 0.122. The van der Waals surface area contributed by atoms with Crippen LogP contribution in [0.2, 0.25) is 0 Å². The van der Waals surface area contributed by atoms with Gasteiger partial charge in [-0.25, -0.2) is 0 Å². The predicted molar refractivity (Wildman–Crippen MR) is 79.9 cm³/mol. The molecule has 0 aromatic heterocycles. The third-order valence-corrected chi connectivity index (χ3v) is 2.91. The molecule has 1 aliphatic rings. The van der Waals surface area contributed by atoms with E-state index in [1.165, 1.54) is 5.69 Å². The van der Waals surface area contributed by atoms with Crippen molar-refractivity contribution in [3.8, 4) is 0 Å². The lowest BCUT2D eigenvalue weighted by Crippen LogP contribution is -2.36. The van der Waals surface area contributed by atoms with Crippen molar-refractivity contribution in [1.82, 2.24) is 0 Å². The molecule has 0 spiro atoms. The van der Waals surface area contributed by atoms with Gasteiger partial charge in [0.1, 0.15) is 0 Å². The number of nitrogens with two attached hydrogens (primary N) is 1. The highest BCUT2D eigenvalue weighted by atomic mass is 16.5. The number of anilines is 2. The van der Waals surface area contributed by atoms with Crippen LogP contribution in [0.15, 0.2) is 29.3 Å². The second-order valence-electron chi connectivity index (χ2n) is 4.88. The van der Waals surface area contributed by atoms with Crippen LogP contribution in [0.1, 0.15) is 13.8 Å². The summed E-state index contributed by atoms with van der Waals surface area (Å²) in [6.07, 6.45) is 0. The van der Waals surface area contributed by atoms with E-state index < -0.39 is 0 Å². The molecule has 0 unspecified atom stereocenters. The first kappa shape index (κ1) is 13.7. The fourth-order valence-corrected chi connectivity index (χ4v) is 2.04. The number of nitrogens with one attached hydrogen (secondary N) is 1. The lowest BCUT2D eigenvalue weighted by atomic mass is 10.2. The smallest absolute Gasteiger partial charge is 0.193 e. The number of nitrogens with zero attached hydrogens (tertiary/aromatic N) is 2. The van der Waals surface area contributed by atoms with E-state index in [1.807, 2.05) is 26.0 Å². The van der Waals surface area contributed by atoms with Gasteiger partial charge in [0, 0.05) is 30.5 Å². The van der Waals surface area contributed by atoms with Crippen molar-refractivity contribution in [2.24, 2.45) is 10.7 Å². The molecule has 0 amide bonds. The monoisotopic (exact) mass is 262 g/mol. The molecule has 0 atom stereocenters. The van der Waals surface area contributed by atoms with Crippen molar-refractivity contribution in [2.75, 3.05) is 36.5 Å². The summed E-state index contributed by atoms with van der Waals surface area (Å²) in [5, 5.41) is 3.09. The molecule has 1 saturated heterocycles. The Morgan fingerprint density at radius 3 is 2.47 bits per heavy atom. The molecular weight excluding hydrogens is 240 g/mol. The van der Waals surface area contributed by atoms with Crippen LogP contribution in [0, 0.1) is 0 Å². The summed E-state index contributed by atoms with van der Waals surface area (Å²) >= 11 is 0. The molecule has 1 fully saturated rings. The van der Waals surface area contributed by atoms with E-state index in [0.29, 0.717) is 5.96 Å². The summed E-state index contributed by atoms with van der Waals surface area (Å²) < 4.78 is 5.35. The van der Waals surface area contributed by atoms with E-state index >= 15 is 0 Å². The molecule has 1 aromatic rings. The summed E-state index contributed by atoms with van der Waals surface area (Å²) in [5.74, 6) is 0.453. The van der Waals surface area contributed by atoms with Gasteiger partial charge >= 0.3 is 0 Å². The summed E-state index contributed by atoms with van der Waals surface area (Å²) in [6.45, 7) is 7.49. The zero-order valence-corrected chi connectivity index (χ0v) is 11.6. The zero-order valence-electron chi connectivity index (χ0n) is 11.6. The van der Waals surface area contributed by atoms with Crippen LogP contribution in [0.25, 0.3) is 0 Å². The third kappa shape index (κ3) is 4.13. The molecule has 0 saturated carbocycles. The van der Waals surface area contributed by atoms with E-state index in [4.69, 9.17) is 10.5 Å². The van der Waals surface area contributed by atoms with Crippen LogP contribution in [0.4, 0.5) is 11.4 Å². The number of aliphatic imine (C=N–C) groups is 1. The maximum absolute atomic E-state index is 5.80. The highest BCUT2D eigenvalue weighted by Gasteiger charge is 2.10. The first-order chi connectivity index (χ1) is 9.15. The highest BCUT2D eigenvalue weighted by molar-refractivity contribution is 5.92. The van der Waals surface area contributed by atoms with Crippen LogP contribution < -0.4 is 16.0 Å². The Balaban J connectivity index is 1.98. The number of guanidine groups is 1. The Bertz CT molecular complexity index is 422. The molecular formula is C14H22N4O. The fraction of sp³-hybridized carbons (Fsp3) is 0.500. The number of morpholine rings is 1. The first-order valence-corrected chi connectivity index (χ1v) is 6.68. The Labute approximate surface area is 114 Å². The molecule has 5 nitrogen and oxygen atoms in total. The maximum atomic E-state index is 5.80. The van der Waals surface area contributed by atoms with Crippen molar-refractivity contribution >= 4 is 17.3 Å². The van der Waals surface area contributed by atoms with Crippen LogP contribution in [0.3, 0.4) is 0 Å². The second kappa shape index (κ2) is 6.43. The minimum absolute atomic E-state index is 0.195. The van der Waals surface area contributed by atoms with Gasteiger partial charge in [-0.05, 0) is 38.1 Å². The van der Waals surface area contributed by atoms with Gasteiger partial charge in [-0.15, -0.1) is 0 Å². The van der Waals surface area contributed by atoms with Crippen LogP contribution in [-0.4, -0.2) is 38.3 Å². The normalized spacial score (nSPS) is 16.8. The SMILES string of the molecule is CC(C)N=C(N)Nc1ccc(N2CCOCC2)cc1. The van der Waals surface area contributed by atoms with Crippen molar-refractivity contribution < 1.29 is 4.74 Å². The molecule has 3 N–H and O–H groups in total. The zero-order chi connectivity index (χ0) is 13.7.